The van der Waals surface area contributed by atoms with Crippen LogP contribution in [0.2, 0.25) is 0 Å². The van der Waals surface area contributed by atoms with Crippen molar-refractivity contribution in [3.8, 4) is 0 Å². The molecule has 34 heavy (non-hydrogen) atoms. The maximum absolute atomic E-state index is 12.6. The fraction of sp³-hybridized carbons (Fsp3) is 0.120. The summed E-state index contributed by atoms with van der Waals surface area (Å²) in [7, 11) is -3.72. The van der Waals surface area contributed by atoms with E-state index in [1.807, 2.05) is 18.2 Å². The Labute approximate surface area is 200 Å². The van der Waals surface area contributed by atoms with Gasteiger partial charge in [0.15, 0.2) is 5.13 Å². The van der Waals surface area contributed by atoms with Gasteiger partial charge in [-0.1, -0.05) is 49.4 Å². The zero-order chi connectivity index (χ0) is 23.7. The lowest BCUT2D eigenvalue weighted by Crippen LogP contribution is -2.15. The summed E-state index contributed by atoms with van der Waals surface area (Å²) in [5, 5.41) is 7.08. The number of thiazole rings is 1. The molecular formula is C25H22N4O3S2. The highest BCUT2D eigenvalue weighted by Crippen LogP contribution is 2.30. The quantitative estimate of drug-likeness (QED) is 0.287. The van der Waals surface area contributed by atoms with E-state index in [0.717, 1.165) is 34.2 Å². The maximum atomic E-state index is 12.6. The number of hydrogen-bond acceptors (Lipinski definition) is 5. The van der Waals surface area contributed by atoms with Crippen molar-refractivity contribution in [1.29, 1.82) is 0 Å². The van der Waals surface area contributed by atoms with Gasteiger partial charge in [0.1, 0.15) is 0 Å². The van der Waals surface area contributed by atoms with Gasteiger partial charge in [-0.25, -0.2) is 13.4 Å². The molecule has 3 aromatic carbocycles. The molecule has 2 aromatic heterocycles. The second kappa shape index (κ2) is 8.92. The summed E-state index contributed by atoms with van der Waals surface area (Å²) < 4.78 is 27.4. The molecule has 0 spiro atoms. The number of aromatic amines is 1. The third kappa shape index (κ3) is 4.40. The van der Waals surface area contributed by atoms with Gasteiger partial charge in [-0.3, -0.25) is 9.52 Å². The number of anilines is 2. The first-order valence-electron chi connectivity index (χ1n) is 10.8. The summed E-state index contributed by atoms with van der Waals surface area (Å²) in [6, 6.07) is 20.2. The Morgan fingerprint density at radius 3 is 2.65 bits per heavy atom. The van der Waals surface area contributed by atoms with Crippen molar-refractivity contribution in [2.75, 3.05) is 10.0 Å². The fourth-order valence-electron chi connectivity index (χ4n) is 3.94. The first-order valence-corrected chi connectivity index (χ1v) is 13.1. The zero-order valence-electron chi connectivity index (χ0n) is 18.3. The van der Waals surface area contributed by atoms with Gasteiger partial charge in [-0.15, -0.1) is 11.3 Å². The predicted molar refractivity (Wildman–Crippen MR) is 137 cm³/mol. The molecule has 9 heteroatoms. The molecule has 7 nitrogen and oxygen atoms in total. The largest absolute Gasteiger partial charge is 0.354 e. The van der Waals surface area contributed by atoms with Crippen LogP contribution in [0, 0.1) is 0 Å². The fourth-order valence-corrected chi connectivity index (χ4v) is 5.92. The smallest absolute Gasteiger partial charge is 0.263 e. The number of aryl methyl sites for hydroxylation is 1. The van der Waals surface area contributed by atoms with Crippen LogP contribution in [0.1, 0.15) is 18.2 Å². The summed E-state index contributed by atoms with van der Waals surface area (Å²) in [5.41, 5.74) is 4.51. The molecule has 0 aliphatic carbocycles. The van der Waals surface area contributed by atoms with E-state index in [2.05, 4.69) is 45.1 Å². The Morgan fingerprint density at radius 2 is 1.85 bits per heavy atom. The van der Waals surface area contributed by atoms with Crippen molar-refractivity contribution in [3.63, 3.8) is 0 Å². The maximum Gasteiger partial charge on any atom is 0.263 e. The molecule has 3 N–H and O–H groups in total. The van der Waals surface area contributed by atoms with Crippen molar-refractivity contribution in [2.24, 2.45) is 0 Å². The van der Waals surface area contributed by atoms with E-state index in [-0.39, 0.29) is 22.4 Å². The van der Waals surface area contributed by atoms with Crippen LogP contribution in [0.4, 0.5) is 10.8 Å². The van der Waals surface area contributed by atoms with E-state index in [1.54, 1.807) is 23.6 Å². The van der Waals surface area contributed by atoms with Gasteiger partial charge in [0.2, 0.25) is 5.91 Å². The van der Waals surface area contributed by atoms with Gasteiger partial charge in [-0.05, 0) is 36.2 Å². The van der Waals surface area contributed by atoms with E-state index in [0.29, 0.717) is 11.4 Å². The minimum atomic E-state index is -3.72. The van der Waals surface area contributed by atoms with Crippen LogP contribution < -0.4 is 10.0 Å². The number of fused-ring (bicyclic) bond motifs is 3. The predicted octanol–water partition coefficient (Wildman–Crippen LogP) is 5.32. The molecule has 0 unspecified atom stereocenters. The highest BCUT2D eigenvalue weighted by atomic mass is 32.2. The summed E-state index contributed by atoms with van der Waals surface area (Å²) in [4.78, 5) is 20.5. The number of para-hydroxylation sites is 1. The van der Waals surface area contributed by atoms with Crippen LogP contribution in [0.5, 0.6) is 0 Å². The molecule has 0 radical (unpaired) electrons. The number of hydrogen-bond donors (Lipinski definition) is 3. The molecule has 0 saturated heterocycles. The molecule has 0 atom stereocenters. The average Bonchev–Trinajstić information content (AvgIpc) is 3.42. The van der Waals surface area contributed by atoms with Gasteiger partial charge < -0.3 is 10.3 Å². The first-order chi connectivity index (χ1) is 16.4. The summed E-state index contributed by atoms with van der Waals surface area (Å²) in [6.07, 6.45) is 0.971. The number of rotatable bonds is 7. The zero-order valence-corrected chi connectivity index (χ0v) is 20.0. The van der Waals surface area contributed by atoms with E-state index in [9.17, 15) is 13.2 Å². The molecule has 1 amide bonds. The van der Waals surface area contributed by atoms with Gasteiger partial charge >= 0.3 is 0 Å². The van der Waals surface area contributed by atoms with Crippen molar-refractivity contribution in [1.82, 2.24) is 9.97 Å². The number of benzene rings is 3. The standard InChI is InChI=1S/C25H22N4O3S2/c1-2-16-7-6-10-21-20-12-11-17(13-22(20)28-24(16)21)26-23(30)14-18-15-33-25(27-18)29-34(31,32)19-8-4-3-5-9-19/h3-13,15,28H,2,14H2,1H3,(H,26,30)(H,27,29). The molecule has 5 aromatic rings. The second-order valence-electron chi connectivity index (χ2n) is 7.87. The number of H-pyrrole nitrogens is 1. The number of sulfonamides is 1. The van der Waals surface area contributed by atoms with Crippen LogP contribution in [-0.4, -0.2) is 24.3 Å². The molecule has 5 rings (SSSR count). The molecule has 0 aliphatic rings. The summed E-state index contributed by atoms with van der Waals surface area (Å²) in [6.45, 7) is 2.13. The Morgan fingerprint density at radius 1 is 1.03 bits per heavy atom. The Bertz CT molecular complexity index is 1610. The van der Waals surface area contributed by atoms with Crippen molar-refractivity contribution >= 4 is 59.9 Å². The Kier molecular flexibility index (Phi) is 5.80. The highest BCUT2D eigenvalue weighted by Gasteiger charge is 2.17. The van der Waals surface area contributed by atoms with Crippen LogP contribution in [0.25, 0.3) is 21.8 Å². The minimum Gasteiger partial charge on any atom is -0.354 e. The van der Waals surface area contributed by atoms with E-state index in [1.165, 1.54) is 23.1 Å². The van der Waals surface area contributed by atoms with Crippen LogP contribution >= 0.6 is 11.3 Å². The molecule has 0 saturated carbocycles. The number of nitrogens with one attached hydrogen (secondary N) is 3. The first kappa shape index (κ1) is 22.1. The number of aromatic nitrogens is 2. The van der Waals surface area contributed by atoms with E-state index >= 15 is 0 Å². The third-order valence-corrected chi connectivity index (χ3v) is 7.84. The monoisotopic (exact) mass is 490 g/mol. The van der Waals surface area contributed by atoms with Crippen LogP contribution in [0.3, 0.4) is 0 Å². The van der Waals surface area contributed by atoms with Crippen molar-refractivity contribution in [2.45, 2.75) is 24.7 Å². The van der Waals surface area contributed by atoms with Gasteiger partial charge in [-0.2, -0.15) is 0 Å². The Balaban J connectivity index is 1.28. The summed E-state index contributed by atoms with van der Waals surface area (Å²) in [5.74, 6) is -0.229. The SMILES string of the molecule is CCc1cccc2c1[nH]c1cc(NC(=O)Cc3csc(NS(=O)(=O)c4ccccc4)n3)ccc12. The number of carbonyl (C=O) groups excluding carboxylic acids is 1. The van der Waals surface area contributed by atoms with Crippen molar-refractivity contribution < 1.29 is 13.2 Å². The van der Waals surface area contributed by atoms with E-state index < -0.39 is 10.0 Å². The number of carbonyl (C=O) groups is 1. The molecule has 0 aliphatic heterocycles. The second-order valence-corrected chi connectivity index (χ2v) is 10.4. The molecule has 0 fully saturated rings. The van der Waals surface area contributed by atoms with Gasteiger partial charge in [0.05, 0.1) is 17.0 Å². The van der Waals surface area contributed by atoms with Gasteiger partial charge in [0, 0.05) is 32.9 Å². The topological polar surface area (TPSA) is 104 Å². The highest BCUT2D eigenvalue weighted by molar-refractivity contribution is 7.93. The number of amides is 1. The molecule has 2 heterocycles. The minimum absolute atomic E-state index is 0.0360. The van der Waals surface area contributed by atoms with Crippen LogP contribution in [-0.2, 0) is 27.7 Å². The average molecular weight is 491 g/mol. The van der Waals surface area contributed by atoms with Crippen LogP contribution in [0.15, 0.2) is 77.0 Å². The van der Waals surface area contributed by atoms with E-state index in [4.69, 9.17) is 0 Å². The molecule has 0 bridgehead atoms. The lowest BCUT2D eigenvalue weighted by atomic mass is 10.1. The number of nitrogens with zero attached hydrogens (tertiary/aromatic N) is 1. The Hall–Kier alpha value is -3.69. The lowest BCUT2D eigenvalue weighted by molar-refractivity contribution is -0.115. The van der Waals surface area contributed by atoms with Crippen molar-refractivity contribution in [3.05, 3.63) is 83.4 Å². The van der Waals surface area contributed by atoms with Gasteiger partial charge in [0.25, 0.3) is 10.0 Å². The molecule has 172 valence electrons. The lowest BCUT2D eigenvalue weighted by Gasteiger charge is -2.05. The third-order valence-electron chi connectivity index (χ3n) is 5.55. The normalized spacial score (nSPS) is 11.7. The summed E-state index contributed by atoms with van der Waals surface area (Å²) >= 11 is 1.14. The molecular weight excluding hydrogens is 468 g/mol.